The van der Waals surface area contributed by atoms with Crippen LogP contribution in [-0.2, 0) is 4.79 Å². The Hall–Kier alpha value is -2.49. The van der Waals surface area contributed by atoms with Gasteiger partial charge in [-0.3, -0.25) is 29.8 Å². The molecule has 9 nitrogen and oxygen atoms in total. The topological polar surface area (TPSA) is 124 Å². The summed E-state index contributed by atoms with van der Waals surface area (Å²) in [5.41, 5.74) is -1.39. The van der Waals surface area contributed by atoms with Gasteiger partial charge in [0, 0.05) is 6.07 Å². The van der Waals surface area contributed by atoms with Crippen LogP contribution >= 0.6 is 11.8 Å². The number of nitro benzene ring substituents is 2. The highest BCUT2D eigenvalue weighted by molar-refractivity contribution is 8.15. The molecule has 1 heterocycles. The fourth-order valence-electron chi connectivity index (χ4n) is 1.55. The Morgan fingerprint density at radius 1 is 1.16 bits per heavy atom. The number of anilines is 1. The summed E-state index contributed by atoms with van der Waals surface area (Å²) in [6.45, 7) is 0. The van der Waals surface area contributed by atoms with Crippen molar-refractivity contribution in [2.45, 2.75) is 0 Å². The maximum atomic E-state index is 11.5. The Bertz CT molecular complexity index is 600. The predicted octanol–water partition coefficient (Wildman–Crippen LogP) is 1.70. The summed E-state index contributed by atoms with van der Waals surface area (Å²) in [5.74, 6) is -0.695. The first-order valence-corrected chi connectivity index (χ1v) is 5.83. The first kappa shape index (κ1) is 13.0. The largest absolute Gasteiger partial charge is 0.300 e. The predicted molar refractivity (Wildman–Crippen MR) is 65.1 cm³/mol. The number of amides is 2. The van der Waals surface area contributed by atoms with Crippen LogP contribution in [0.4, 0.5) is 21.9 Å². The zero-order valence-electron chi connectivity index (χ0n) is 9.14. The lowest BCUT2D eigenvalue weighted by molar-refractivity contribution is -0.393. The van der Waals surface area contributed by atoms with Crippen LogP contribution in [0, 0.1) is 20.2 Å². The van der Waals surface area contributed by atoms with Gasteiger partial charge in [-0.15, -0.1) is 0 Å². The zero-order chi connectivity index (χ0) is 14.2. The zero-order valence-corrected chi connectivity index (χ0v) is 9.96. The van der Waals surface area contributed by atoms with Crippen LogP contribution in [0.15, 0.2) is 18.2 Å². The van der Waals surface area contributed by atoms with Gasteiger partial charge in [0.05, 0.1) is 21.7 Å². The Morgan fingerprint density at radius 3 is 2.32 bits per heavy atom. The van der Waals surface area contributed by atoms with Gasteiger partial charge in [-0.05, 0) is 6.07 Å². The molecule has 19 heavy (non-hydrogen) atoms. The molecule has 0 unspecified atom stereocenters. The minimum Gasteiger partial charge on any atom is -0.273 e. The quantitative estimate of drug-likeness (QED) is 0.610. The molecule has 0 spiro atoms. The Labute approximate surface area is 109 Å². The average molecular weight is 283 g/mol. The molecule has 0 saturated carbocycles. The van der Waals surface area contributed by atoms with E-state index >= 15 is 0 Å². The number of nitro groups is 2. The molecule has 0 aliphatic carbocycles. The molecule has 1 fully saturated rings. The van der Waals surface area contributed by atoms with Gasteiger partial charge in [-0.25, -0.2) is 4.90 Å². The molecular weight excluding hydrogens is 278 g/mol. The molecule has 0 atom stereocenters. The third-order valence-electron chi connectivity index (χ3n) is 2.36. The number of benzene rings is 1. The van der Waals surface area contributed by atoms with Crippen molar-refractivity contribution in [2.24, 2.45) is 0 Å². The number of carbonyl (C=O) groups excluding carboxylic acids is 2. The van der Waals surface area contributed by atoms with Crippen molar-refractivity contribution in [3.8, 4) is 0 Å². The lowest BCUT2D eigenvalue weighted by Gasteiger charge is -2.12. The standard InChI is InChI=1S/C9H5N3O6S/c13-8-4-19-9(14)10(8)6-2-1-5(11(15)16)3-7(6)12(17)18/h1-3H,4H2. The minimum atomic E-state index is -0.869. The molecular formula is C9H5N3O6S. The molecule has 1 aromatic carbocycles. The number of imide groups is 1. The number of non-ortho nitro benzene ring substituents is 1. The molecule has 98 valence electrons. The van der Waals surface area contributed by atoms with E-state index in [-0.39, 0.29) is 11.4 Å². The van der Waals surface area contributed by atoms with E-state index in [0.29, 0.717) is 4.90 Å². The third-order valence-corrected chi connectivity index (χ3v) is 3.18. The maximum Gasteiger partial charge on any atom is 0.300 e. The van der Waals surface area contributed by atoms with Crippen LogP contribution in [-0.4, -0.2) is 26.7 Å². The van der Waals surface area contributed by atoms with Crippen molar-refractivity contribution < 1.29 is 19.4 Å². The van der Waals surface area contributed by atoms with Gasteiger partial charge in [-0.2, -0.15) is 0 Å². The molecule has 1 saturated heterocycles. The maximum absolute atomic E-state index is 11.5. The van der Waals surface area contributed by atoms with E-state index in [4.69, 9.17) is 0 Å². The number of thioether (sulfide) groups is 1. The molecule has 10 heteroatoms. The van der Waals surface area contributed by atoms with Gasteiger partial charge in [0.25, 0.3) is 16.6 Å². The van der Waals surface area contributed by atoms with Crippen molar-refractivity contribution in [2.75, 3.05) is 10.7 Å². The molecule has 1 aromatic rings. The highest BCUT2D eigenvalue weighted by atomic mass is 32.2. The third kappa shape index (κ3) is 2.25. The number of nitrogens with zero attached hydrogens (tertiary/aromatic N) is 3. The van der Waals surface area contributed by atoms with E-state index in [0.717, 1.165) is 30.0 Å². The molecule has 1 aliphatic rings. The van der Waals surface area contributed by atoms with E-state index in [1.165, 1.54) is 0 Å². The average Bonchev–Trinajstić information content (AvgIpc) is 2.68. The Morgan fingerprint density at radius 2 is 1.84 bits per heavy atom. The number of rotatable bonds is 3. The fraction of sp³-hybridized carbons (Fsp3) is 0.111. The lowest BCUT2D eigenvalue weighted by Crippen LogP contribution is -2.28. The second-order valence-corrected chi connectivity index (χ2v) is 4.40. The monoisotopic (exact) mass is 283 g/mol. The van der Waals surface area contributed by atoms with Gasteiger partial charge in [-0.1, -0.05) is 11.8 Å². The molecule has 0 bridgehead atoms. The van der Waals surface area contributed by atoms with Crippen molar-refractivity contribution >= 4 is 40.0 Å². The summed E-state index contributed by atoms with van der Waals surface area (Å²) in [6.07, 6.45) is 0. The van der Waals surface area contributed by atoms with E-state index in [1.54, 1.807) is 0 Å². The molecule has 0 N–H and O–H groups in total. The van der Waals surface area contributed by atoms with Gasteiger partial charge < -0.3 is 0 Å². The molecule has 2 rings (SSSR count). The van der Waals surface area contributed by atoms with Gasteiger partial charge in [0.1, 0.15) is 5.69 Å². The van der Waals surface area contributed by atoms with Gasteiger partial charge in [0.15, 0.2) is 0 Å². The highest BCUT2D eigenvalue weighted by Gasteiger charge is 2.36. The van der Waals surface area contributed by atoms with Crippen molar-refractivity contribution in [3.05, 3.63) is 38.4 Å². The van der Waals surface area contributed by atoms with Crippen molar-refractivity contribution in [3.63, 3.8) is 0 Å². The molecule has 0 radical (unpaired) electrons. The van der Waals surface area contributed by atoms with Crippen LogP contribution in [0.25, 0.3) is 0 Å². The van der Waals surface area contributed by atoms with E-state index < -0.39 is 32.4 Å². The first-order valence-electron chi connectivity index (χ1n) is 4.84. The number of hydrogen-bond donors (Lipinski definition) is 0. The van der Waals surface area contributed by atoms with E-state index in [1.807, 2.05) is 0 Å². The summed E-state index contributed by atoms with van der Waals surface area (Å²) in [4.78, 5) is 43.5. The van der Waals surface area contributed by atoms with Crippen LogP contribution in [0.3, 0.4) is 0 Å². The lowest BCUT2D eigenvalue weighted by atomic mass is 10.2. The fourth-order valence-corrected chi connectivity index (χ4v) is 2.25. The summed E-state index contributed by atoms with van der Waals surface area (Å²) in [6, 6.07) is 2.75. The number of carbonyl (C=O) groups is 2. The van der Waals surface area contributed by atoms with Crippen LogP contribution in [0.5, 0.6) is 0 Å². The van der Waals surface area contributed by atoms with Crippen molar-refractivity contribution in [1.29, 1.82) is 0 Å². The van der Waals surface area contributed by atoms with Crippen molar-refractivity contribution in [1.82, 2.24) is 0 Å². The smallest absolute Gasteiger partial charge is 0.273 e. The summed E-state index contributed by atoms with van der Waals surface area (Å²) < 4.78 is 0. The van der Waals surface area contributed by atoms with E-state index in [9.17, 15) is 29.8 Å². The van der Waals surface area contributed by atoms with Gasteiger partial charge in [0.2, 0.25) is 5.91 Å². The highest BCUT2D eigenvalue weighted by Crippen LogP contribution is 2.36. The Balaban J connectivity index is 2.57. The summed E-state index contributed by atoms with van der Waals surface area (Å²) in [5, 5.41) is 20.8. The number of hydrogen-bond acceptors (Lipinski definition) is 7. The summed E-state index contributed by atoms with van der Waals surface area (Å²) >= 11 is 0.720. The Kier molecular flexibility index (Phi) is 3.17. The first-order chi connectivity index (χ1) is 8.91. The SMILES string of the molecule is O=C1CSC(=O)N1c1ccc([N+](=O)[O-])cc1[N+](=O)[O-]. The van der Waals surface area contributed by atoms with E-state index in [2.05, 4.69) is 0 Å². The van der Waals surface area contributed by atoms with Crippen LogP contribution in [0.2, 0.25) is 0 Å². The second kappa shape index (κ2) is 4.65. The van der Waals surface area contributed by atoms with Gasteiger partial charge >= 0.3 is 0 Å². The second-order valence-electron chi connectivity index (χ2n) is 3.47. The molecule has 0 aromatic heterocycles. The van der Waals surface area contributed by atoms with Crippen LogP contribution < -0.4 is 4.90 Å². The molecule has 2 amide bonds. The van der Waals surface area contributed by atoms with Crippen LogP contribution in [0.1, 0.15) is 0 Å². The summed E-state index contributed by atoms with van der Waals surface area (Å²) in [7, 11) is 0. The minimum absolute atomic E-state index is 0.104. The normalized spacial score (nSPS) is 14.8. The molecule has 1 aliphatic heterocycles.